The average molecular weight is 297 g/mol. The van der Waals surface area contributed by atoms with Crippen LogP contribution in [0.4, 0.5) is 8.78 Å². The van der Waals surface area contributed by atoms with Crippen molar-refractivity contribution in [2.75, 3.05) is 5.88 Å². The highest BCUT2D eigenvalue weighted by molar-refractivity contribution is 6.17. The van der Waals surface area contributed by atoms with Crippen LogP contribution in [0.25, 0.3) is 0 Å². The van der Waals surface area contributed by atoms with E-state index in [0.717, 1.165) is 17.2 Å². The quantitative estimate of drug-likeness (QED) is 0.704. The van der Waals surface area contributed by atoms with Crippen molar-refractivity contribution in [1.82, 2.24) is 0 Å². The topological polar surface area (TPSA) is 9.23 Å². The van der Waals surface area contributed by atoms with Crippen molar-refractivity contribution >= 4 is 11.6 Å². The van der Waals surface area contributed by atoms with Crippen molar-refractivity contribution in [3.63, 3.8) is 0 Å². The van der Waals surface area contributed by atoms with Crippen LogP contribution in [0.15, 0.2) is 42.5 Å². The molecule has 0 fully saturated rings. The van der Waals surface area contributed by atoms with E-state index in [4.69, 9.17) is 16.3 Å². The van der Waals surface area contributed by atoms with Gasteiger partial charge in [0.2, 0.25) is 0 Å². The number of ether oxygens (including phenoxy) is 1. The molecule has 0 saturated carbocycles. The van der Waals surface area contributed by atoms with E-state index in [1.54, 1.807) is 0 Å². The van der Waals surface area contributed by atoms with E-state index >= 15 is 0 Å². The number of benzene rings is 2. The molecular weight excluding hydrogens is 282 g/mol. The van der Waals surface area contributed by atoms with E-state index in [-0.39, 0.29) is 11.9 Å². The minimum absolute atomic E-state index is 0.0297. The molecule has 0 saturated heterocycles. The highest BCUT2D eigenvalue weighted by atomic mass is 35.5. The van der Waals surface area contributed by atoms with Crippen molar-refractivity contribution in [1.29, 1.82) is 0 Å². The van der Waals surface area contributed by atoms with Crippen molar-refractivity contribution in [3.8, 4) is 5.75 Å². The van der Waals surface area contributed by atoms with Gasteiger partial charge in [-0.1, -0.05) is 29.8 Å². The molecule has 106 valence electrons. The SMILES string of the molecule is Cc1ccc([C@H](CCCl)Oc2ccc(F)cc2F)cc1. The molecule has 0 aliphatic rings. The van der Waals surface area contributed by atoms with Gasteiger partial charge in [-0.3, -0.25) is 0 Å². The number of rotatable bonds is 5. The second-order valence-electron chi connectivity index (χ2n) is 4.57. The summed E-state index contributed by atoms with van der Waals surface area (Å²) >= 11 is 5.77. The molecule has 0 bridgehead atoms. The zero-order chi connectivity index (χ0) is 14.5. The van der Waals surface area contributed by atoms with E-state index in [9.17, 15) is 8.78 Å². The average Bonchev–Trinajstić information content (AvgIpc) is 2.42. The molecule has 0 N–H and O–H groups in total. The minimum atomic E-state index is -0.711. The van der Waals surface area contributed by atoms with Crippen LogP contribution >= 0.6 is 11.6 Å². The molecule has 0 aliphatic heterocycles. The van der Waals surface area contributed by atoms with E-state index in [2.05, 4.69) is 0 Å². The first-order chi connectivity index (χ1) is 9.60. The van der Waals surface area contributed by atoms with Crippen LogP contribution in [-0.2, 0) is 0 Å². The van der Waals surface area contributed by atoms with Gasteiger partial charge in [0, 0.05) is 18.4 Å². The van der Waals surface area contributed by atoms with Crippen LogP contribution in [0.2, 0.25) is 0 Å². The molecule has 0 radical (unpaired) electrons. The predicted molar refractivity (Wildman–Crippen MR) is 76.2 cm³/mol. The van der Waals surface area contributed by atoms with Gasteiger partial charge in [0.05, 0.1) is 0 Å². The Kier molecular flexibility index (Phi) is 4.96. The third kappa shape index (κ3) is 3.70. The summed E-state index contributed by atoms with van der Waals surface area (Å²) in [6.45, 7) is 1.99. The summed E-state index contributed by atoms with van der Waals surface area (Å²) in [6, 6.07) is 11.0. The fraction of sp³-hybridized carbons (Fsp3) is 0.250. The minimum Gasteiger partial charge on any atom is -0.483 e. The molecule has 0 spiro atoms. The Hall–Kier alpha value is -1.61. The predicted octanol–water partition coefficient (Wildman–Crippen LogP) is 5.02. The van der Waals surface area contributed by atoms with Gasteiger partial charge in [-0.15, -0.1) is 11.6 Å². The third-order valence-corrected chi connectivity index (χ3v) is 3.20. The van der Waals surface area contributed by atoms with Crippen LogP contribution in [0.1, 0.15) is 23.7 Å². The number of alkyl halides is 1. The largest absolute Gasteiger partial charge is 0.483 e. The smallest absolute Gasteiger partial charge is 0.168 e. The van der Waals surface area contributed by atoms with Crippen LogP contribution in [-0.4, -0.2) is 5.88 Å². The van der Waals surface area contributed by atoms with Gasteiger partial charge in [0.15, 0.2) is 11.6 Å². The molecule has 2 aromatic rings. The summed E-state index contributed by atoms with van der Waals surface area (Å²) in [6.07, 6.45) is 0.189. The number of hydrogen-bond acceptors (Lipinski definition) is 1. The molecule has 20 heavy (non-hydrogen) atoms. The lowest BCUT2D eigenvalue weighted by Gasteiger charge is -2.19. The molecule has 1 atom stereocenters. The Labute approximate surface area is 122 Å². The van der Waals surface area contributed by atoms with Gasteiger partial charge in [-0.05, 0) is 24.6 Å². The van der Waals surface area contributed by atoms with Gasteiger partial charge in [-0.25, -0.2) is 8.78 Å². The van der Waals surface area contributed by atoms with E-state index in [0.29, 0.717) is 12.3 Å². The summed E-state index contributed by atoms with van der Waals surface area (Å²) in [5.41, 5.74) is 2.05. The molecule has 0 amide bonds. The highest BCUT2D eigenvalue weighted by Gasteiger charge is 2.15. The highest BCUT2D eigenvalue weighted by Crippen LogP contribution is 2.28. The summed E-state index contributed by atoms with van der Waals surface area (Å²) < 4.78 is 32.2. The van der Waals surface area contributed by atoms with Crippen LogP contribution in [0.5, 0.6) is 5.75 Å². The lowest BCUT2D eigenvalue weighted by molar-refractivity contribution is 0.193. The van der Waals surface area contributed by atoms with Crippen LogP contribution in [0.3, 0.4) is 0 Å². The first kappa shape index (κ1) is 14.8. The Bertz CT molecular complexity index is 569. The van der Waals surface area contributed by atoms with Crippen molar-refractivity contribution in [2.45, 2.75) is 19.4 Å². The monoisotopic (exact) mass is 296 g/mol. The Morgan fingerprint density at radius 1 is 1.10 bits per heavy atom. The number of aryl methyl sites for hydroxylation is 1. The normalized spacial score (nSPS) is 12.2. The summed E-state index contributed by atoms with van der Waals surface area (Å²) in [7, 11) is 0. The lowest BCUT2D eigenvalue weighted by atomic mass is 10.1. The van der Waals surface area contributed by atoms with Crippen LogP contribution in [0, 0.1) is 18.6 Å². The summed E-state index contributed by atoms with van der Waals surface area (Å²) in [5.74, 6) is -0.917. The van der Waals surface area contributed by atoms with Crippen molar-refractivity contribution in [2.24, 2.45) is 0 Å². The fourth-order valence-corrected chi connectivity index (χ4v) is 2.10. The standard InChI is InChI=1S/C16H15ClF2O/c1-11-2-4-12(5-3-11)15(8-9-17)20-16-7-6-13(18)10-14(16)19/h2-7,10,15H,8-9H2,1H3/t15-/m0/s1. The Morgan fingerprint density at radius 2 is 1.80 bits per heavy atom. The maximum atomic E-state index is 13.6. The molecule has 0 heterocycles. The second-order valence-corrected chi connectivity index (χ2v) is 4.95. The third-order valence-electron chi connectivity index (χ3n) is 2.98. The van der Waals surface area contributed by atoms with E-state index in [1.165, 1.54) is 12.1 Å². The zero-order valence-corrected chi connectivity index (χ0v) is 11.8. The molecule has 0 unspecified atom stereocenters. The van der Waals surface area contributed by atoms with Gasteiger partial charge < -0.3 is 4.74 Å². The first-order valence-corrected chi connectivity index (χ1v) is 6.88. The van der Waals surface area contributed by atoms with Gasteiger partial charge >= 0.3 is 0 Å². The van der Waals surface area contributed by atoms with Gasteiger partial charge in [0.1, 0.15) is 11.9 Å². The molecule has 1 nitrogen and oxygen atoms in total. The van der Waals surface area contributed by atoms with Crippen molar-refractivity contribution in [3.05, 3.63) is 65.2 Å². The first-order valence-electron chi connectivity index (χ1n) is 6.34. The molecule has 2 aromatic carbocycles. The maximum absolute atomic E-state index is 13.6. The molecular formula is C16H15ClF2O. The molecule has 2 rings (SSSR count). The fourth-order valence-electron chi connectivity index (χ4n) is 1.90. The lowest BCUT2D eigenvalue weighted by Crippen LogP contribution is -2.09. The maximum Gasteiger partial charge on any atom is 0.168 e. The second kappa shape index (κ2) is 6.71. The summed E-state index contributed by atoms with van der Waals surface area (Å²) in [4.78, 5) is 0. The van der Waals surface area contributed by atoms with E-state index < -0.39 is 11.6 Å². The van der Waals surface area contributed by atoms with E-state index in [1.807, 2.05) is 31.2 Å². The summed E-state index contributed by atoms with van der Waals surface area (Å²) in [5, 5.41) is 0. The van der Waals surface area contributed by atoms with Gasteiger partial charge in [0.25, 0.3) is 0 Å². The number of hydrogen-bond donors (Lipinski definition) is 0. The van der Waals surface area contributed by atoms with Gasteiger partial charge in [-0.2, -0.15) is 0 Å². The Balaban J connectivity index is 2.22. The zero-order valence-electron chi connectivity index (χ0n) is 11.1. The Morgan fingerprint density at radius 3 is 2.40 bits per heavy atom. The molecule has 0 aromatic heterocycles. The van der Waals surface area contributed by atoms with Crippen molar-refractivity contribution < 1.29 is 13.5 Å². The number of halogens is 3. The molecule has 0 aliphatic carbocycles. The van der Waals surface area contributed by atoms with Crippen LogP contribution < -0.4 is 4.74 Å². The molecule has 4 heteroatoms.